The number of nitrogens with zero attached hydrogens (tertiary/aromatic N) is 5. The molecule has 40 heavy (non-hydrogen) atoms. The van der Waals surface area contributed by atoms with Crippen molar-refractivity contribution in [2.75, 3.05) is 23.3 Å². The molecule has 2 heterocycles. The Kier molecular flexibility index (Phi) is 9.65. The summed E-state index contributed by atoms with van der Waals surface area (Å²) in [4.78, 5) is 52.9. The molecule has 0 saturated carbocycles. The molecule has 0 atom stereocenters. The van der Waals surface area contributed by atoms with Crippen LogP contribution in [0.15, 0.2) is 6.33 Å². The smallest absolute Gasteiger partial charge is 0.425 e. The molecule has 0 aromatic carbocycles. The first-order chi connectivity index (χ1) is 18.1. The van der Waals surface area contributed by atoms with Crippen LogP contribution in [0.25, 0.3) is 11.2 Å². The number of carbonyl (C=O) groups excluding carboxylic acids is 3. The second kappa shape index (κ2) is 11.8. The molecular weight excluding hydrogens is 518 g/mol. The Morgan fingerprint density at radius 3 is 1.80 bits per heavy atom. The van der Waals surface area contributed by atoms with Crippen molar-refractivity contribution in [2.24, 2.45) is 0 Å². The van der Waals surface area contributed by atoms with Crippen LogP contribution in [0.1, 0.15) is 89.5 Å². The summed E-state index contributed by atoms with van der Waals surface area (Å²) in [6, 6.07) is 0. The van der Waals surface area contributed by atoms with E-state index in [1.807, 2.05) is 25.3 Å². The van der Waals surface area contributed by atoms with Gasteiger partial charge in [0.15, 0.2) is 17.0 Å². The number of fused-ring (bicyclic) bond motifs is 1. The molecule has 0 spiro atoms. The van der Waals surface area contributed by atoms with Gasteiger partial charge in [-0.15, -0.1) is 0 Å². The second-order valence-electron chi connectivity index (χ2n) is 13.3. The van der Waals surface area contributed by atoms with Gasteiger partial charge in [-0.05, 0) is 89.5 Å². The highest BCUT2D eigenvalue weighted by atomic mass is 16.6. The fourth-order valence-corrected chi connectivity index (χ4v) is 3.27. The van der Waals surface area contributed by atoms with Crippen LogP contribution in [0, 0.1) is 0 Å². The number of rotatable bonds is 6. The van der Waals surface area contributed by atoms with E-state index < -0.39 is 40.6 Å². The number of amides is 3. The Bertz CT molecular complexity index is 1190. The van der Waals surface area contributed by atoms with E-state index in [2.05, 4.69) is 25.6 Å². The zero-order valence-corrected chi connectivity index (χ0v) is 25.9. The molecule has 0 fully saturated rings. The first-order valence-electron chi connectivity index (χ1n) is 13.3. The molecule has 2 N–H and O–H groups in total. The third-order valence-electron chi connectivity index (χ3n) is 4.77. The molecule has 0 bridgehead atoms. The number of anilines is 2. The number of aromatic nitrogens is 4. The van der Waals surface area contributed by atoms with Gasteiger partial charge in [-0.3, -0.25) is 0 Å². The Labute approximate surface area is 236 Å². The molecule has 0 aliphatic heterocycles. The van der Waals surface area contributed by atoms with Crippen molar-refractivity contribution in [1.82, 2.24) is 24.8 Å². The lowest BCUT2D eigenvalue weighted by Gasteiger charge is -2.28. The molecular formula is C27H45N7O6. The molecule has 2 aromatic heterocycles. The fraction of sp³-hybridized carbons (Fsp3) is 0.704. The van der Waals surface area contributed by atoms with Crippen molar-refractivity contribution in [1.29, 1.82) is 0 Å². The van der Waals surface area contributed by atoms with Crippen LogP contribution in [0.3, 0.4) is 0 Å². The molecule has 2 rings (SSSR count). The van der Waals surface area contributed by atoms with Gasteiger partial charge in [0, 0.05) is 18.6 Å². The molecule has 0 saturated heterocycles. The molecule has 0 aliphatic rings. The molecule has 224 valence electrons. The minimum absolute atomic E-state index is 0.0779. The van der Waals surface area contributed by atoms with Crippen molar-refractivity contribution in [3.05, 3.63) is 6.33 Å². The second-order valence-corrected chi connectivity index (χ2v) is 13.3. The molecule has 0 radical (unpaired) electrons. The number of alkyl carbamates (subject to hydrolysis) is 1. The van der Waals surface area contributed by atoms with Gasteiger partial charge in [-0.1, -0.05) is 0 Å². The van der Waals surface area contributed by atoms with Crippen molar-refractivity contribution in [3.8, 4) is 0 Å². The average molecular weight is 564 g/mol. The summed E-state index contributed by atoms with van der Waals surface area (Å²) >= 11 is 0. The van der Waals surface area contributed by atoms with Crippen molar-refractivity contribution in [2.45, 2.75) is 112 Å². The summed E-state index contributed by atoms with van der Waals surface area (Å²) in [6.45, 7) is 22.2. The minimum Gasteiger partial charge on any atom is -0.444 e. The van der Waals surface area contributed by atoms with E-state index in [1.165, 1.54) is 0 Å². The maximum Gasteiger partial charge on any atom is 0.425 e. The maximum atomic E-state index is 13.3. The van der Waals surface area contributed by atoms with Gasteiger partial charge >= 0.3 is 18.3 Å². The Morgan fingerprint density at radius 1 is 0.800 bits per heavy atom. The largest absolute Gasteiger partial charge is 0.444 e. The highest BCUT2D eigenvalue weighted by Gasteiger charge is 2.36. The summed E-state index contributed by atoms with van der Waals surface area (Å²) in [7, 11) is 0. The van der Waals surface area contributed by atoms with Gasteiger partial charge in [-0.2, -0.15) is 14.9 Å². The number of hydrogen-bond donors (Lipinski definition) is 2. The van der Waals surface area contributed by atoms with Gasteiger partial charge in [0.2, 0.25) is 5.95 Å². The maximum absolute atomic E-state index is 13.3. The molecule has 13 nitrogen and oxygen atoms in total. The zero-order chi connectivity index (χ0) is 30.7. The van der Waals surface area contributed by atoms with E-state index in [-0.39, 0.29) is 17.3 Å². The third kappa shape index (κ3) is 9.83. The van der Waals surface area contributed by atoms with Crippen molar-refractivity contribution >= 4 is 41.2 Å². The topological polar surface area (TPSA) is 150 Å². The number of imidazole rings is 1. The van der Waals surface area contributed by atoms with Crippen LogP contribution in [0.5, 0.6) is 0 Å². The summed E-state index contributed by atoms with van der Waals surface area (Å²) in [6.07, 6.45) is -0.318. The number of carbonyl (C=O) groups is 3. The lowest BCUT2D eigenvalue weighted by atomic mass is 10.1. The van der Waals surface area contributed by atoms with E-state index in [1.54, 1.807) is 68.6 Å². The average Bonchev–Trinajstić information content (AvgIpc) is 3.14. The number of hydrogen-bond acceptors (Lipinski definition) is 10. The van der Waals surface area contributed by atoms with Gasteiger partial charge < -0.3 is 29.4 Å². The summed E-state index contributed by atoms with van der Waals surface area (Å²) < 4.78 is 18.2. The van der Waals surface area contributed by atoms with Crippen molar-refractivity contribution in [3.63, 3.8) is 0 Å². The van der Waals surface area contributed by atoms with Crippen LogP contribution in [-0.4, -0.2) is 67.7 Å². The quantitative estimate of drug-likeness (QED) is 0.336. The van der Waals surface area contributed by atoms with Gasteiger partial charge in [0.1, 0.15) is 16.8 Å². The van der Waals surface area contributed by atoms with Crippen molar-refractivity contribution < 1.29 is 28.6 Å². The first-order valence-corrected chi connectivity index (χ1v) is 13.3. The molecule has 0 aliphatic carbocycles. The van der Waals surface area contributed by atoms with Crippen LogP contribution in [0.4, 0.5) is 26.1 Å². The predicted octanol–water partition coefficient (Wildman–Crippen LogP) is 5.58. The van der Waals surface area contributed by atoms with E-state index in [0.717, 1.165) is 4.90 Å². The Hall–Kier alpha value is -3.64. The Balaban J connectivity index is 2.46. The Morgan fingerprint density at radius 2 is 1.32 bits per heavy atom. The lowest BCUT2D eigenvalue weighted by molar-refractivity contribution is 0.0427. The van der Waals surface area contributed by atoms with Crippen LogP contribution in [-0.2, 0) is 19.7 Å². The highest BCUT2D eigenvalue weighted by Crippen LogP contribution is 2.30. The van der Waals surface area contributed by atoms with Crippen LogP contribution < -0.4 is 15.5 Å². The number of nitrogens with one attached hydrogen (secondary N) is 2. The standard InChI is InChI=1S/C27H45N7O6/c1-24(2,3)33-16-30-17-18(33)31-20(28-14-13-15-29-21(35)38-25(4,5)6)32-19(17)34(22(36)39-26(7,8)9)23(37)40-27(10,11)12/h16H,13-15H2,1-12H3,(H,29,35)(H,28,31,32). The molecule has 2 aromatic rings. The predicted molar refractivity (Wildman–Crippen MR) is 153 cm³/mol. The number of ether oxygens (including phenoxy) is 3. The fourth-order valence-electron chi connectivity index (χ4n) is 3.27. The third-order valence-corrected chi connectivity index (χ3v) is 4.77. The highest BCUT2D eigenvalue weighted by molar-refractivity contribution is 6.12. The molecule has 3 amide bonds. The van der Waals surface area contributed by atoms with Gasteiger partial charge in [-0.25, -0.2) is 19.4 Å². The monoisotopic (exact) mass is 563 g/mol. The van der Waals surface area contributed by atoms with Gasteiger partial charge in [0.25, 0.3) is 0 Å². The SMILES string of the molecule is CC(C)(C)OC(=O)NCCCNc1nc(N(C(=O)OC(C)(C)C)C(=O)OC(C)(C)C)c2ncn(C(C)(C)C)c2n1. The van der Waals surface area contributed by atoms with E-state index in [9.17, 15) is 14.4 Å². The molecule has 13 heteroatoms. The van der Waals surface area contributed by atoms with Gasteiger partial charge in [0.05, 0.1) is 6.33 Å². The molecule has 0 unspecified atom stereocenters. The van der Waals surface area contributed by atoms with Crippen LogP contribution >= 0.6 is 0 Å². The summed E-state index contributed by atoms with van der Waals surface area (Å²) in [5.74, 6) is 0.0776. The normalized spacial score (nSPS) is 12.6. The van der Waals surface area contributed by atoms with E-state index in [4.69, 9.17) is 14.2 Å². The zero-order valence-electron chi connectivity index (χ0n) is 25.9. The number of imide groups is 1. The lowest BCUT2D eigenvalue weighted by Crippen LogP contribution is -2.44. The summed E-state index contributed by atoms with van der Waals surface area (Å²) in [5, 5.41) is 5.81. The first kappa shape index (κ1) is 32.6. The minimum atomic E-state index is -0.959. The van der Waals surface area contributed by atoms with Crippen LogP contribution in [0.2, 0.25) is 0 Å². The summed E-state index contributed by atoms with van der Waals surface area (Å²) in [5.41, 5.74) is -2.16. The van der Waals surface area contributed by atoms with E-state index in [0.29, 0.717) is 25.2 Å². The van der Waals surface area contributed by atoms with E-state index >= 15 is 0 Å².